The maximum absolute atomic E-state index is 11.5. The smallest absolute Gasteiger partial charge is 0.345 e. The number of esters is 1. The summed E-state index contributed by atoms with van der Waals surface area (Å²) in [6, 6.07) is -1.06. The maximum Gasteiger partial charge on any atom is 0.345 e. The summed E-state index contributed by atoms with van der Waals surface area (Å²) in [6.07, 6.45) is 1.11. The molecule has 12 nitrogen and oxygen atoms in total. The van der Waals surface area contributed by atoms with Crippen LogP contribution in [0.4, 0.5) is 10.6 Å². The largest absolute Gasteiger partial charge is 0.461 e. The van der Waals surface area contributed by atoms with Gasteiger partial charge in [0.1, 0.15) is 19.3 Å². The van der Waals surface area contributed by atoms with Crippen molar-refractivity contribution in [2.24, 2.45) is 0 Å². The SMILES string of the molecule is Cc1ncc([N+](=O)[O-])n1CCOC(=O)CCCC(=O)NC(=O)NO. The molecule has 1 heterocycles. The van der Waals surface area contributed by atoms with Crippen LogP contribution >= 0.6 is 0 Å². The average molecular weight is 343 g/mol. The van der Waals surface area contributed by atoms with Crippen LogP contribution in [-0.4, -0.2) is 44.2 Å². The topological polar surface area (TPSA) is 166 Å². The molecule has 1 rings (SSSR count). The van der Waals surface area contributed by atoms with Gasteiger partial charge < -0.3 is 14.9 Å². The van der Waals surface area contributed by atoms with E-state index in [0.717, 1.165) is 6.20 Å². The fraction of sp³-hybridized carbons (Fsp3) is 0.500. The highest BCUT2D eigenvalue weighted by atomic mass is 16.6. The van der Waals surface area contributed by atoms with E-state index in [0.29, 0.717) is 5.82 Å². The van der Waals surface area contributed by atoms with Gasteiger partial charge in [-0.15, -0.1) is 0 Å². The number of hydrogen-bond acceptors (Lipinski definition) is 8. The lowest BCUT2D eigenvalue weighted by Crippen LogP contribution is -2.37. The van der Waals surface area contributed by atoms with Crippen LogP contribution in [0.1, 0.15) is 25.1 Å². The number of amides is 3. The standard InChI is InChI=1S/C12H17N5O7/c1-8-13-7-10(17(22)23)16(8)5-6-24-11(19)4-2-3-9(18)14-12(20)15-21/h7,21H,2-6H2,1H3,(H2,14,15,18,20). The van der Waals surface area contributed by atoms with Crippen molar-refractivity contribution in [1.29, 1.82) is 0 Å². The van der Waals surface area contributed by atoms with Gasteiger partial charge in [-0.05, 0) is 11.3 Å². The quantitative estimate of drug-likeness (QED) is 0.257. The lowest BCUT2D eigenvalue weighted by atomic mass is 10.2. The van der Waals surface area contributed by atoms with Gasteiger partial charge in [0.25, 0.3) is 0 Å². The maximum atomic E-state index is 11.5. The lowest BCUT2D eigenvalue weighted by molar-refractivity contribution is -0.392. The molecule has 1 aromatic rings. The van der Waals surface area contributed by atoms with Crippen LogP contribution in [0.2, 0.25) is 0 Å². The molecule has 0 saturated carbocycles. The van der Waals surface area contributed by atoms with Crippen molar-refractivity contribution in [3.63, 3.8) is 0 Å². The molecule has 1 aromatic heterocycles. The molecule has 3 amide bonds. The number of hydroxylamine groups is 1. The monoisotopic (exact) mass is 343 g/mol. The molecule has 0 spiro atoms. The number of rotatable bonds is 8. The van der Waals surface area contributed by atoms with Gasteiger partial charge in [0.2, 0.25) is 5.91 Å². The summed E-state index contributed by atoms with van der Waals surface area (Å²) in [5, 5.41) is 20.8. The van der Waals surface area contributed by atoms with E-state index in [9.17, 15) is 24.5 Å². The van der Waals surface area contributed by atoms with Gasteiger partial charge >= 0.3 is 17.8 Å². The van der Waals surface area contributed by atoms with Crippen molar-refractivity contribution in [1.82, 2.24) is 20.3 Å². The predicted octanol–water partition coefficient (Wildman–Crippen LogP) is 0.0282. The minimum atomic E-state index is -1.06. The Hall–Kier alpha value is -3.02. The van der Waals surface area contributed by atoms with E-state index in [1.165, 1.54) is 10.0 Å². The molecule has 3 N–H and O–H groups in total. The van der Waals surface area contributed by atoms with Crippen LogP contribution in [0.15, 0.2) is 6.20 Å². The first-order valence-corrected chi connectivity index (χ1v) is 6.91. The van der Waals surface area contributed by atoms with Gasteiger partial charge in [-0.2, -0.15) is 0 Å². The van der Waals surface area contributed by atoms with Crippen molar-refractivity contribution in [2.45, 2.75) is 32.7 Å². The molecule has 0 atom stereocenters. The van der Waals surface area contributed by atoms with E-state index in [1.807, 2.05) is 5.32 Å². The fourth-order valence-electron chi connectivity index (χ4n) is 1.81. The van der Waals surface area contributed by atoms with E-state index < -0.39 is 22.8 Å². The normalized spacial score (nSPS) is 10.1. The second-order valence-electron chi connectivity index (χ2n) is 4.64. The number of carbonyl (C=O) groups excluding carboxylic acids is 3. The molecule has 0 bridgehead atoms. The zero-order valence-corrected chi connectivity index (χ0v) is 12.9. The third kappa shape index (κ3) is 6.00. The van der Waals surface area contributed by atoms with E-state index in [2.05, 4.69) is 4.98 Å². The van der Waals surface area contributed by atoms with Crippen molar-refractivity contribution < 1.29 is 29.3 Å². The van der Waals surface area contributed by atoms with Gasteiger partial charge in [0.15, 0.2) is 5.82 Å². The number of aryl methyl sites for hydroxylation is 1. The minimum absolute atomic E-state index is 0.0564. The highest BCUT2D eigenvalue weighted by molar-refractivity contribution is 5.93. The van der Waals surface area contributed by atoms with Crippen LogP contribution in [0, 0.1) is 17.0 Å². The molecule has 24 heavy (non-hydrogen) atoms. The molecule has 0 aliphatic heterocycles. The number of hydrogen-bond donors (Lipinski definition) is 3. The fourth-order valence-corrected chi connectivity index (χ4v) is 1.81. The van der Waals surface area contributed by atoms with Crippen LogP contribution in [0.3, 0.4) is 0 Å². The molecule has 132 valence electrons. The Morgan fingerprint density at radius 3 is 2.75 bits per heavy atom. The molecular weight excluding hydrogens is 326 g/mol. The number of nitrogens with one attached hydrogen (secondary N) is 2. The van der Waals surface area contributed by atoms with Gasteiger partial charge in [0.05, 0.1) is 0 Å². The first kappa shape index (κ1) is 19.0. The highest BCUT2D eigenvalue weighted by Gasteiger charge is 2.17. The van der Waals surface area contributed by atoms with Crippen LogP contribution in [-0.2, 0) is 20.9 Å². The summed E-state index contributed by atoms with van der Waals surface area (Å²) in [6.45, 7) is 1.61. The molecular formula is C12H17N5O7. The summed E-state index contributed by atoms with van der Waals surface area (Å²) < 4.78 is 6.24. The molecule has 0 aliphatic carbocycles. The average Bonchev–Trinajstić information content (AvgIpc) is 2.88. The third-order valence-corrected chi connectivity index (χ3v) is 2.94. The van der Waals surface area contributed by atoms with Crippen molar-refractivity contribution in [3.05, 3.63) is 22.1 Å². The van der Waals surface area contributed by atoms with Gasteiger partial charge in [-0.25, -0.2) is 19.8 Å². The molecule has 0 radical (unpaired) electrons. The van der Waals surface area contributed by atoms with E-state index in [4.69, 9.17) is 9.94 Å². The predicted molar refractivity (Wildman–Crippen MR) is 76.9 cm³/mol. The van der Waals surface area contributed by atoms with Gasteiger partial charge in [0, 0.05) is 19.8 Å². The van der Waals surface area contributed by atoms with Gasteiger partial charge in [-0.1, -0.05) is 0 Å². The lowest BCUT2D eigenvalue weighted by Gasteiger charge is -2.05. The number of imide groups is 1. The number of urea groups is 1. The summed E-state index contributed by atoms with van der Waals surface area (Å²) >= 11 is 0. The number of imidazole rings is 1. The highest BCUT2D eigenvalue weighted by Crippen LogP contribution is 2.13. The van der Waals surface area contributed by atoms with E-state index >= 15 is 0 Å². The van der Waals surface area contributed by atoms with Crippen LogP contribution < -0.4 is 10.8 Å². The first-order chi connectivity index (χ1) is 11.3. The molecule has 0 unspecified atom stereocenters. The number of nitro groups is 1. The Labute approximate surface area is 135 Å². The number of ether oxygens (including phenoxy) is 1. The molecule has 0 fully saturated rings. The summed E-state index contributed by atoms with van der Waals surface area (Å²) in [5.74, 6) is -0.993. The van der Waals surface area contributed by atoms with Crippen LogP contribution in [0.5, 0.6) is 0 Å². The Balaban J connectivity index is 2.28. The van der Waals surface area contributed by atoms with Gasteiger partial charge in [-0.3, -0.25) is 20.1 Å². The molecule has 0 saturated heterocycles. The first-order valence-electron chi connectivity index (χ1n) is 6.91. The van der Waals surface area contributed by atoms with E-state index in [-0.39, 0.29) is 38.2 Å². The Morgan fingerprint density at radius 2 is 2.12 bits per heavy atom. The second kappa shape index (κ2) is 9.19. The number of aromatic nitrogens is 2. The van der Waals surface area contributed by atoms with Crippen LogP contribution in [0.25, 0.3) is 0 Å². The molecule has 0 aromatic carbocycles. The Bertz CT molecular complexity index is 627. The number of nitrogens with zero attached hydrogens (tertiary/aromatic N) is 3. The molecule has 0 aliphatic rings. The molecule has 12 heteroatoms. The van der Waals surface area contributed by atoms with Crippen molar-refractivity contribution in [2.75, 3.05) is 6.61 Å². The summed E-state index contributed by atoms with van der Waals surface area (Å²) in [5.41, 5.74) is 1.24. The minimum Gasteiger partial charge on any atom is -0.461 e. The third-order valence-electron chi connectivity index (χ3n) is 2.94. The van der Waals surface area contributed by atoms with E-state index in [1.54, 1.807) is 6.92 Å². The Morgan fingerprint density at radius 1 is 1.42 bits per heavy atom. The van der Waals surface area contributed by atoms with Crippen molar-refractivity contribution >= 4 is 23.7 Å². The summed E-state index contributed by atoms with van der Waals surface area (Å²) in [4.78, 5) is 47.4. The zero-order valence-electron chi connectivity index (χ0n) is 12.9. The zero-order chi connectivity index (χ0) is 18.1. The van der Waals surface area contributed by atoms with Crippen molar-refractivity contribution in [3.8, 4) is 0 Å². The summed E-state index contributed by atoms with van der Waals surface area (Å²) in [7, 11) is 0. The second-order valence-corrected chi connectivity index (χ2v) is 4.64. The number of carbonyl (C=O) groups is 3. The Kier molecular flexibility index (Phi) is 7.29.